The summed E-state index contributed by atoms with van der Waals surface area (Å²) in [4.78, 5) is 55.4. The molecule has 1 saturated carbocycles. The number of nitrogens with one attached hydrogen (secondary N) is 1. The number of ether oxygens (including phenoxy) is 1. The van der Waals surface area contributed by atoms with E-state index in [2.05, 4.69) is 5.32 Å². The summed E-state index contributed by atoms with van der Waals surface area (Å²) < 4.78 is 5.69. The second-order valence-corrected chi connectivity index (χ2v) is 9.77. The Morgan fingerprint density at radius 2 is 1.65 bits per heavy atom. The predicted molar refractivity (Wildman–Crippen MR) is 125 cm³/mol. The molecule has 1 N–H and O–H groups in total. The second kappa shape index (κ2) is 9.74. The lowest BCUT2D eigenvalue weighted by atomic mass is 9.81. The van der Waals surface area contributed by atoms with E-state index in [9.17, 15) is 19.2 Å². The fourth-order valence-corrected chi connectivity index (χ4v) is 5.36. The van der Waals surface area contributed by atoms with Gasteiger partial charge < -0.3 is 19.9 Å². The number of urea groups is 1. The van der Waals surface area contributed by atoms with Gasteiger partial charge in [0.2, 0.25) is 5.91 Å². The third-order valence-corrected chi connectivity index (χ3v) is 7.18. The topological polar surface area (TPSA) is 99.3 Å². The van der Waals surface area contributed by atoms with Crippen LogP contribution in [0.5, 0.6) is 0 Å². The van der Waals surface area contributed by atoms with Crippen molar-refractivity contribution >= 4 is 23.8 Å². The maximum Gasteiger partial charge on any atom is 0.327 e. The highest BCUT2D eigenvalue weighted by Gasteiger charge is 2.55. The van der Waals surface area contributed by atoms with Crippen molar-refractivity contribution in [1.82, 2.24) is 20.0 Å². The van der Waals surface area contributed by atoms with Crippen LogP contribution in [0.25, 0.3) is 0 Å². The zero-order valence-electron chi connectivity index (χ0n) is 20.2. The lowest BCUT2D eigenvalue weighted by molar-refractivity contribution is -0.137. The van der Waals surface area contributed by atoms with Gasteiger partial charge in [0.1, 0.15) is 12.1 Å². The molecular weight excluding hydrogens is 436 g/mol. The van der Waals surface area contributed by atoms with Crippen molar-refractivity contribution < 1.29 is 23.9 Å². The van der Waals surface area contributed by atoms with Crippen LogP contribution in [0.1, 0.15) is 61.9 Å². The summed E-state index contributed by atoms with van der Waals surface area (Å²) in [5, 5.41) is 2.78. The molecule has 1 aromatic rings. The Morgan fingerprint density at radius 3 is 2.26 bits per heavy atom. The summed E-state index contributed by atoms with van der Waals surface area (Å²) in [6, 6.07) is 6.71. The Kier molecular flexibility index (Phi) is 6.93. The molecule has 0 aromatic heterocycles. The first-order chi connectivity index (χ1) is 16.2. The molecule has 1 aliphatic carbocycles. The summed E-state index contributed by atoms with van der Waals surface area (Å²) >= 11 is 0. The van der Waals surface area contributed by atoms with Gasteiger partial charge in [-0.3, -0.25) is 19.3 Å². The van der Waals surface area contributed by atoms with Crippen molar-refractivity contribution in [2.45, 2.75) is 70.2 Å². The predicted octanol–water partition coefficient (Wildman–Crippen LogP) is 2.15. The average Bonchev–Trinajstić information content (AvgIpc) is 2.99. The van der Waals surface area contributed by atoms with E-state index in [0.717, 1.165) is 29.7 Å². The van der Waals surface area contributed by atoms with Crippen molar-refractivity contribution in [2.75, 3.05) is 26.7 Å². The first-order valence-corrected chi connectivity index (χ1v) is 12.1. The molecular formula is C25H34N4O5. The van der Waals surface area contributed by atoms with Crippen LogP contribution in [0.3, 0.4) is 0 Å². The van der Waals surface area contributed by atoms with E-state index < -0.39 is 11.6 Å². The van der Waals surface area contributed by atoms with Gasteiger partial charge in [-0.1, -0.05) is 31.4 Å². The van der Waals surface area contributed by atoms with Crippen LogP contribution in [-0.2, 0) is 20.9 Å². The zero-order valence-corrected chi connectivity index (χ0v) is 20.2. The number of hydrogen-bond acceptors (Lipinski definition) is 5. The normalized spacial score (nSPS) is 24.6. The van der Waals surface area contributed by atoms with Crippen LogP contribution >= 0.6 is 0 Å². The Labute approximate surface area is 200 Å². The van der Waals surface area contributed by atoms with Crippen molar-refractivity contribution in [3.63, 3.8) is 0 Å². The Hall–Kier alpha value is -2.94. The minimum absolute atomic E-state index is 0.00401. The number of rotatable bonds is 5. The molecule has 34 heavy (non-hydrogen) atoms. The lowest BCUT2D eigenvalue weighted by Gasteiger charge is -2.35. The van der Waals surface area contributed by atoms with E-state index in [1.807, 2.05) is 13.8 Å². The summed E-state index contributed by atoms with van der Waals surface area (Å²) in [7, 11) is 1.66. The molecule has 4 rings (SSSR count). The van der Waals surface area contributed by atoms with Crippen molar-refractivity contribution in [2.24, 2.45) is 0 Å². The summed E-state index contributed by atoms with van der Waals surface area (Å²) in [5.74, 6) is -0.687. The molecule has 2 heterocycles. The third-order valence-electron chi connectivity index (χ3n) is 7.18. The van der Waals surface area contributed by atoms with E-state index >= 15 is 0 Å². The van der Waals surface area contributed by atoms with Gasteiger partial charge in [0.15, 0.2) is 0 Å². The number of carbonyl (C=O) groups excluding carboxylic acids is 4. The van der Waals surface area contributed by atoms with Crippen molar-refractivity contribution in [3.05, 3.63) is 35.4 Å². The van der Waals surface area contributed by atoms with E-state index in [1.165, 1.54) is 4.90 Å². The third kappa shape index (κ3) is 4.66. The maximum absolute atomic E-state index is 13.0. The fourth-order valence-electron chi connectivity index (χ4n) is 5.36. The first kappa shape index (κ1) is 24.2. The summed E-state index contributed by atoms with van der Waals surface area (Å²) in [6.07, 6.45) is 4.19. The largest absolute Gasteiger partial charge is 0.372 e. The molecule has 3 aliphatic rings. The van der Waals surface area contributed by atoms with E-state index in [0.29, 0.717) is 31.5 Å². The average molecular weight is 471 g/mol. The lowest BCUT2D eigenvalue weighted by Crippen LogP contribution is -2.49. The van der Waals surface area contributed by atoms with Crippen LogP contribution in [-0.4, -0.2) is 82.9 Å². The Morgan fingerprint density at radius 1 is 1.03 bits per heavy atom. The van der Waals surface area contributed by atoms with Crippen LogP contribution in [0, 0.1) is 0 Å². The quantitative estimate of drug-likeness (QED) is 0.665. The minimum Gasteiger partial charge on any atom is -0.372 e. The van der Waals surface area contributed by atoms with Gasteiger partial charge in [-0.15, -0.1) is 0 Å². The van der Waals surface area contributed by atoms with Gasteiger partial charge in [-0.25, -0.2) is 4.79 Å². The Bertz CT molecular complexity index is 947. The monoisotopic (exact) mass is 470 g/mol. The summed E-state index contributed by atoms with van der Waals surface area (Å²) in [6.45, 7) is 5.00. The SMILES string of the molecule is CC1CN(C(=O)c2ccc(CNC(=O)CN3C(=O)N(C)C4(CCCCC4)C3=O)cc2)CC(C)O1. The van der Waals surface area contributed by atoms with Crippen LogP contribution in [0.15, 0.2) is 24.3 Å². The van der Waals surface area contributed by atoms with Crippen LogP contribution in [0.2, 0.25) is 0 Å². The number of imide groups is 1. The summed E-state index contributed by atoms with van der Waals surface area (Å²) in [5.41, 5.74) is 0.632. The molecule has 9 heteroatoms. The standard InChI is InChI=1S/C25H34N4O5/c1-17-14-28(15-18(2)34-17)22(31)20-9-7-19(8-10-20)13-26-21(30)16-29-23(32)25(27(3)24(29)33)11-5-4-6-12-25/h7-10,17-18H,4-6,11-16H2,1-3H3,(H,26,30). The highest BCUT2D eigenvalue weighted by atomic mass is 16.5. The maximum atomic E-state index is 13.0. The van der Waals surface area contributed by atoms with Crippen molar-refractivity contribution in [3.8, 4) is 0 Å². The highest BCUT2D eigenvalue weighted by molar-refractivity contribution is 6.09. The van der Waals surface area contributed by atoms with E-state index in [4.69, 9.17) is 4.74 Å². The minimum atomic E-state index is -0.784. The molecule has 0 bridgehead atoms. The molecule has 2 saturated heterocycles. The second-order valence-electron chi connectivity index (χ2n) is 9.77. The molecule has 1 aromatic carbocycles. The van der Waals surface area contributed by atoms with Crippen molar-refractivity contribution in [1.29, 1.82) is 0 Å². The van der Waals surface area contributed by atoms with E-state index in [-0.39, 0.29) is 43.0 Å². The molecule has 184 valence electrons. The van der Waals surface area contributed by atoms with E-state index in [1.54, 1.807) is 36.2 Å². The van der Waals surface area contributed by atoms with Gasteiger partial charge in [-0.2, -0.15) is 0 Å². The van der Waals surface area contributed by atoms with Gasteiger partial charge in [0.05, 0.1) is 12.2 Å². The molecule has 2 unspecified atom stereocenters. The molecule has 0 radical (unpaired) electrons. The number of nitrogens with zero attached hydrogens (tertiary/aromatic N) is 3. The van der Waals surface area contributed by atoms with Gasteiger partial charge in [0.25, 0.3) is 11.8 Å². The molecule has 9 nitrogen and oxygen atoms in total. The van der Waals surface area contributed by atoms with Gasteiger partial charge in [0, 0.05) is 32.2 Å². The first-order valence-electron chi connectivity index (χ1n) is 12.1. The number of amides is 5. The highest BCUT2D eigenvalue weighted by Crippen LogP contribution is 2.39. The molecule has 3 fully saturated rings. The Balaban J connectivity index is 1.31. The van der Waals surface area contributed by atoms with Gasteiger partial charge in [-0.05, 0) is 44.4 Å². The fraction of sp³-hybridized carbons (Fsp3) is 0.600. The number of benzene rings is 1. The van der Waals surface area contributed by atoms with Gasteiger partial charge >= 0.3 is 6.03 Å². The number of hydrogen-bond donors (Lipinski definition) is 1. The zero-order chi connectivity index (χ0) is 24.5. The number of likely N-dealkylation sites (N-methyl/N-ethyl adjacent to an activating group) is 1. The smallest absolute Gasteiger partial charge is 0.327 e. The molecule has 1 spiro atoms. The molecule has 5 amide bonds. The molecule has 2 atom stereocenters. The number of carbonyl (C=O) groups is 4. The number of morpholine rings is 1. The molecule has 2 aliphatic heterocycles. The van der Waals surface area contributed by atoms with Crippen LogP contribution < -0.4 is 5.32 Å². The van der Waals surface area contributed by atoms with Crippen LogP contribution in [0.4, 0.5) is 4.79 Å².